The van der Waals surface area contributed by atoms with Crippen molar-refractivity contribution in [2.24, 2.45) is 11.7 Å². The third-order valence-electron chi connectivity index (χ3n) is 9.38. The number of rotatable bonds is 8. The molecular weight excluding hydrogens is 462 g/mol. The molecule has 5 rings (SSSR count). The molecule has 37 heavy (non-hydrogen) atoms. The average Bonchev–Trinajstić information content (AvgIpc) is 3.14. The second-order valence-electron chi connectivity index (χ2n) is 11.8. The molecule has 0 aromatic carbocycles. The van der Waals surface area contributed by atoms with Crippen LogP contribution in [0.1, 0.15) is 89.9 Å². The first-order valence-corrected chi connectivity index (χ1v) is 15.3. The van der Waals surface area contributed by atoms with Gasteiger partial charge < -0.3 is 20.9 Å². The highest BCUT2D eigenvalue weighted by atomic mass is 16.2. The van der Waals surface area contributed by atoms with Gasteiger partial charge in [0, 0.05) is 63.0 Å². The fourth-order valence-electron chi connectivity index (χ4n) is 7.28. The summed E-state index contributed by atoms with van der Waals surface area (Å²) < 4.78 is 0. The molecule has 0 bridgehead atoms. The van der Waals surface area contributed by atoms with Gasteiger partial charge in [0.25, 0.3) is 0 Å². The first kappa shape index (κ1) is 26.7. The Morgan fingerprint density at radius 1 is 0.919 bits per heavy atom. The van der Waals surface area contributed by atoms with Crippen LogP contribution in [0, 0.1) is 5.92 Å². The van der Waals surface area contributed by atoms with Gasteiger partial charge >= 0.3 is 0 Å². The number of nitrogens with two attached hydrogens (primary N) is 1. The summed E-state index contributed by atoms with van der Waals surface area (Å²) in [6, 6.07) is 3.40. The van der Waals surface area contributed by atoms with Crippen LogP contribution in [0.2, 0.25) is 0 Å². The SMILES string of the molecule is NCCC[C@@H]1[C@@H](Nc2nccc(N3CCCCCC3)n2)CCN1C1CCN(C(=O)C2CCCCC2)CC1. The molecule has 1 aromatic heterocycles. The van der Waals surface area contributed by atoms with Crippen LogP contribution in [0.15, 0.2) is 12.3 Å². The van der Waals surface area contributed by atoms with Crippen LogP contribution in [0.25, 0.3) is 0 Å². The molecule has 0 unspecified atom stereocenters. The summed E-state index contributed by atoms with van der Waals surface area (Å²) in [6.07, 6.45) is 18.4. The minimum absolute atomic E-state index is 0.285. The lowest BCUT2D eigenvalue weighted by atomic mass is 9.87. The lowest BCUT2D eigenvalue weighted by Crippen LogP contribution is -2.51. The summed E-state index contributed by atoms with van der Waals surface area (Å²) in [4.78, 5) is 30.0. The van der Waals surface area contributed by atoms with Crippen molar-refractivity contribution in [2.75, 3.05) is 49.5 Å². The summed E-state index contributed by atoms with van der Waals surface area (Å²) >= 11 is 0. The monoisotopic (exact) mass is 511 g/mol. The average molecular weight is 512 g/mol. The lowest BCUT2D eigenvalue weighted by Gasteiger charge is -2.41. The molecule has 0 spiro atoms. The van der Waals surface area contributed by atoms with Crippen LogP contribution in [0.4, 0.5) is 11.8 Å². The van der Waals surface area contributed by atoms with Crippen molar-refractivity contribution < 1.29 is 4.79 Å². The fourth-order valence-corrected chi connectivity index (χ4v) is 7.28. The normalized spacial score (nSPS) is 26.8. The predicted octanol–water partition coefficient (Wildman–Crippen LogP) is 4.02. The Morgan fingerprint density at radius 3 is 2.38 bits per heavy atom. The Bertz CT molecular complexity index is 844. The zero-order valence-electron chi connectivity index (χ0n) is 22.8. The van der Waals surface area contributed by atoms with E-state index in [1.54, 1.807) is 0 Å². The van der Waals surface area contributed by atoms with Crippen molar-refractivity contribution in [2.45, 2.75) is 108 Å². The number of hydrogen-bond donors (Lipinski definition) is 2. The number of nitrogens with zero attached hydrogens (tertiary/aromatic N) is 5. The number of carbonyl (C=O) groups is 1. The van der Waals surface area contributed by atoms with Crippen molar-refractivity contribution in [3.05, 3.63) is 12.3 Å². The first-order chi connectivity index (χ1) is 18.2. The molecule has 1 aliphatic carbocycles. The van der Waals surface area contributed by atoms with E-state index in [4.69, 9.17) is 10.7 Å². The van der Waals surface area contributed by atoms with Crippen LogP contribution in [-0.2, 0) is 4.79 Å². The number of nitrogens with one attached hydrogen (secondary N) is 1. The van der Waals surface area contributed by atoms with Gasteiger partial charge in [-0.3, -0.25) is 9.69 Å². The van der Waals surface area contributed by atoms with Crippen LogP contribution in [0.5, 0.6) is 0 Å². The zero-order valence-corrected chi connectivity index (χ0v) is 22.8. The van der Waals surface area contributed by atoms with Gasteiger partial charge in [-0.05, 0) is 70.4 Å². The molecule has 0 radical (unpaired) electrons. The standard InChI is InChI=1S/C29H49N7O/c30-16-8-11-26-25(32-29-31-17-12-27(33-29)34-18-6-1-2-7-19-34)15-22-36(26)24-13-20-35(21-14-24)28(37)23-9-4-3-5-10-23/h12,17,23-26H,1-11,13-16,18-22,30H2,(H,31,32,33)/t25-,26+/m0/s1. The molecule has 3 N–H and O–H groups in total. The van der Waals surface area contributed by atoms with Gasteiger partial charge in [-0.15, -0.1) is 0 Å². The molecule has 8 heteroatoms. The number of piperidine rings is 1. The van der Waals surface area contributed by atoms with Crippen LogP contribution < -0.4 is 16.0 Å². The zero-order chi connectivity index (χ0) is 25.5. The largest absolute Gasteiger partial charge is 0.356 e. The molecule has 3 aliphatic heterocycles. The minimum Gasteiger partial charge on any atom is -0.356 e. The number of amides is 1. The van der Waals surface area contributed by atoms with Crippen LogP contribution >= 0.6 is 0 Å². The van der Waals surface area contributed by atoms with Crippen molar-refractivity contribution in [3.63, 3.8) is 0 Å². The predicted molar refractivity (Wildman–Crippen MR) is 150 cm³/mol. The van der Waals surface area contributed by atoms with Crippen molar-refractivity contribution in [1.29, 1.82) is 0 Å². The second-order valence-corrected chi connectivity index (χ2v) is 11.8. The third kappa shape index (κ3) is 6.75. The summed E-state index contributed by atoms with van der Waals surface area (Å²) in [6.45, 7) is 5.84. The fraction of sp³-hybridized carbons (Fsp3) is 0.828. The number of aromatic nitrogens is 2. The highest BCUT2D eigenvalue weighted by Crippen LogP contribution is 2.32. The number of likely N-dealkylation sites (tertiary alicyclic amines) is 2. The Morgan fingerprint density at radius 2 is 1.65 bits per heavy atom. The van der Waals surface area contributed by atoms with Crippen molar-refractivity contribution in [3.8, 4) is 0 Å². The Kier molecular flexibility index (Phi) is 9.54. The van der Waals surface area contributed by atoms with E-state index in [1.165, 1.54) is 44.9 Å². The minimum atomic E-state index is 0.285. The van der Waals surface area contributed by atoms with E-state index in [1.807, 2.05) is 6.20 Å². The highest BCUT2D eigenvalue weighted by molar-refractivity contribution is 5.79. The topological polar surface area (TPSA) is 90.6 Å². The van der Waals surface area contributed by atoms with E-state index in [-0.39, 0.29) is 5.92 Å². The molecule has 8 nitrogen and oxygen atoms in total. The Labute approximate surface area is 223 Å². The molecule has 4 fully saturated rings. The summed E-state index contributed by atoms with van der Waals surface area (Å²) in [5.74, 6) is 2.54. The van der Waals surface area contributed by atoms with Gasteiger partial charge in [-0.1, -0.05) is 32.1 Å². The van der Waals surface area contributed by atoms with Crippen LogP contribution in [-0.4, -0.2) is 83.1 Å². The van der Waals surface area contributed by atoms with E-state index >= 15 is 0 Å². The van der Waals surface area contributed by atoms with Gasteiger partial charge in [0.1, 0.15) is 5.82 Å². The highest BCUT2D eigenvalue weighted by Gasteiger charge is 2.40. The van der Waals surface area contributed by atoms with Gasteiger partial charge in [0.05, 0.1) is 0 Å². The van der Waals surface area contributed by atoms with Gasteiger partial charge in [-0.2, -0.15) is 4.98 Å². The maximum atomic E-state index is 13.1. The van der Waals surface area contributed by atoms with Crippen molar-refractivity contribution >= 4 is 17.7 Å². The molecular formula is C29H49N7O. The summed E-state index contributed by atoms with van der Waals surface area (Å²) in [5, 5.41) is 3.74. The second kappa shape index (κ2) is 13.2. The van der Waals surface area contributed by atoms with E-state index in [2.05, 4.69) is 31.1 Å². The van der Waals surface area contributed by atoms with E-state index in [9.17, 15) is 4.79 Å². The van der Waals surface area contributed by atoms with Crippen LogP contribution in [0.3, 0.4) is 0 Å². The maximum absolute atomic E-state index is 13.1. The quantitative estimate of drug-likeness (QED) is 0.545. The molecule has 206 valence electrons. The van der Waals surface area contributed by atoms with Gasteiger partial charge in [0.2, 0.25) is 11.9 Å². The maximum Gasteiger partial charge on any atom is 0.225 e. The van der Waals surface area contributed by atoms with Crippen molar-refractivity contribution in [1.82, 2.24) is 19.8 Å². The molecule has 3 saturated heterocycles. The Balaban J connectivity index is 1.19. The number of hydrogen-bond acceptors (Lipinski definition) is 7. The molecule has 1 saturated carbocycles. The Hall–Kier alpha value is -1.93. The summed E-state index contributed by atoms with van der Waals surface area (Å²) in [5.41, 5.74) is 5.95. The molecule has 4 aliphatic rings. The molecule has 1 amide bonds. The van der Waals surface area contributed by atoms with E-state index < -0.39 is 0 Å². The molecule has 1 aromatic rings. The van der Waals surface area contributed by atoms with Gasteiger partial charge in [-0.25, -0.2) is 4.98 Å². The van der Waals surface area contributed by atoms with Gasteiger partial charge in [0.15, 0.2) is 0 Å². The number of anilines is 2. The summed E-state index contributed by atoms with van der Waals surface area (Å²) in [7, 11) is 0. The van der Waals surface area contributed by atoms with E-state index in [0.717, 1.165) is 96.0 Å². The number of carbonyl (C=O) groups excluding carboxylic acids is 1. The molecule has 4 heterocycles. The smallest absolute Gasteiger partial charge is 0.225 e. The lowest BCUT2D eigenvalue weighted by molar-refractivity contribution is -0.138. The van der Waals surface area contributed by atoms with E-state index in [0.29, 0.717) is 24.0 Å². The first-order valence-electron chi connectivity index (χ1n) is 15.3. The molecule has 2 atom stereocenters. The third-order valence-corrected chi connectivity index (χ3v) is 9.38.